The van der Waals surface area contributed by atoms with E-state index in [0.29, 0.717) is 11.3 Å². The Labute approximate surface area is 147 Å². The second-order valence-corrected chi connectivity index (χ2v) is 7.85. The van der Waals surface area contributed by atoms with E-state index in [-0.39, 0.29) is 13.2 Å². The summed E-state index contributed by atoms with van der Waals surface area (Å²) in [5, 5.41) is 11.2. The summed E-state index contributed by atoms with van der Waals surface area (Å²) in [7, 11) is -3.74. The number of nitriles is 1. The highest BCUT2D eigenvalue weighted by Crippen LogP contribution is 2.13. The van der Waals surface area contributed by atoms with Crippen LogP contribution >= 0.6 is 0 Å². The zero-order chi connectivity index (χ0) is 19.1. The van der Waals surface area contributed by atoms with Gasteiger partial charge in [-0.25, -0.2) is 4.79 Å². The van der Waals surface area contributed by atoms with Gasteiger partial charge < -0.3 is 14.8 Å². The summed E-state index contributed by atoms with van der Waals surface area (Å²) in [6, 6.07) is 8.28. The van der Waals surface area contributed by atoms with E-state index < -0.39 is 27.9 Å². The fourth-order valence-corrected chi connectivity index (χ4v) is 2.31. The lowest BCUT2D eigenvalue weighted by molar-refractivity contribution is 0.0485. The number of alkyl carbamates (subject to hydrolysis) is 1. The number of rotatable bonds is 7. The van der Waals surface area contributed by atoms with Crippen molar-refractivity contribution in [3.05, 3.63) is 29.8 Å². The van der Waals surface area contributed by atoms with Crippen LogP contribution in [-0.4, -0.2) is 45.6 Å². The molecular formula is C16H22N2O6S. The van der Waals surface area contributed by atoms with Gasteiger partial charge in [-0.3, -0.25) is 4.18 Å². The molecule has 8 nitrogen and oxygen atoms in total. The predicted octanol–water partition coefficient (Wildman–Crippen LogP) is 1.81. The normalized spacial score (nSPS) is 12.8. The standard InChI is InChI=1S/C16H22N2O6S/c1-16(2,3)23-15(19)18-10-14(24-25(4,20)21)11-22-13-7-5-12(9-17)6-8-13/h5-8,14H,10-11H2,1-4H3,(H,18,19). The zero-order valence-electron chi connectivity index (χ0n) is 14.6. The number of nitrogens with zero attached hydrogens (tertiary/aromatic N) is 1. The molecule has 0 saturated carbocycles. The molecule has 0 fully saturated rings. The molecule has 0 bridgehead atoms. The molecule has 0 aromatic heterocycles. The van der Waals surface area contributed by atoms with E-state index in [2.05, 4.69) is 5.32 Å². The number of carbonyl (C=O) groups excluding carboxylic acids is 1. The highest BCUT2D eigenvalue weighted by atomic mass is 32.2. The first-order valence-electron chi connectivity index (χ1n) is 7.46. The van der Waals surface area contributed by atoms with Crippen molar-refractivity contribution in [1.82, 2.24) is 5.32 Å². The van der Waals surface area contributed by atoms with Crippen LogP contribution in [0.1, 0.15) is 26.3 Å². The molecule has 1 amide bonds. The van der Waals surface area contributed by atoms with E-state index >= 15 is 0 Å². The van der Waals surface area contributed by atoms with Gasteiger partial charge in [0, 0.05) is 0 Å². The number of carbonyl (C=O) groups is 1. The first-order valence-corrected chi connectivity index (χ1v) is 9.28. The summed E-state index contributed by atoms with van der Waals surface area (Å²) in [6.07, 6.45) is -0.707. The largest absolute Gasteiger partial charge is 0.491 e. The molecule has 1 rings (SSSR count). The summed E-state index contributed by atoms with van der Waals surface area (Å²) in [6.45, 7) is 4.91. The summed E-state index contributed by atoms with van der Waals surface area (Å²) >= 11 is 0. The van der Waals surface area contributed by atoms with Crippen LogP contribution in [0.2, 0.25) is 0 Å². The van der Waals surface area contributed by atoms with Gasteiger partial charge in [0.05, 0.1) is 24.4 Å². The van der Waals surface area contributed by atoms with Crippen LogP contribution in [0.5, 0.6) is 5.75 Å². The average molecular weight is 370 g/mol. The van der Waals surface area contributed by atoms with Gasteiger partial charge in [0.25, 0.3) is 10.1 Å². The van der Waals surface area contributed by atoms with Gasteiger partial charge in [-0.15, -0.1) is 0 Å². The Morgan fingerprint density at radius 3 is 2.36 bits per heavy atom. The summed E-state index contributed by atoms with van der Waals surface area (Å²) in [5.41, 5.74) is -0.195. The second-order valence-electron chi connectivity index (χ2n) is 6.25. The third kappa shape index (κ3) is 9.54. The Kier molecular flexibility index (Phi) is 7.21. The van der Waals surface area contributed by atoms with Gasteiger partial charge in [0.15, 0.2) is 0 Å². The molecule has 138 valence electrons. The van der Waals surface area contributed by atoms with E-state index in [1.54, 1.807) is 45.0 Å². The molecular weight excluding hydrogens is 348 g/mol. The molecule has 0 aliphatic carbocycles. The van der Waals surface area contributed by atoms with Crippen LogP contribution in [-0.2, 0) is 19.0 Å². The van der Waals surface area contributed by atoms with Crippen molar-refractivity contribution in [3.63, 3.8) is 0 Å². The Morgan fingerprint density at radius 1 is 1.28 bits per heavy atom. The summed E-state index contributed by atoms with van der Waals surface area (Å²) < 4.78 is 38.1. The second kappa shape index (κ2) is 8.69. The lowest BCUT2D eigenvalue weighted by Gasteiger charge is -2.22. The van der Waals surface area contributed by atoms with Crippen LogP contribution in [0, 0.1) is 11.3 Å². The summed E-state index contributed by atoms with van der Waals surface area (Å²) in [4.78, 5) is 11.7. The van der Waals surface area contributed by atoms with Crippen LogP contribution < -0.4 is 10.1 Å². The maximum absolute atomic E-state index is 11.7. The lowest BCUT2D eigenvalue weighted by atomic mass is 10.2. The van der Waals surface area contributed by atoms with Crippen molar-refractivity contribution in [2.24, 2.45) is 0 Å². The number of ether oxygens (including phenoxy) is 2. The van der Waals surface area contributed by atoms with E-state index in [1.165, 1.54) is 0 Å². The molecule has 0 aliphatic heterocycles. The third-order valence-electron chi connectivity index (χ3n) is 2.60. The fraction of sp³-hybridized carbons (Fsp3) is 0.500. The minimum Gasteiger partial charge on any atom is -0.491 e. The Hall–Kier alpha value is -2.31. The Balaban J connectivity index is 2.63. The molecule has 0 spiro atoms. The molecule has 0 aliphatic rings. The van der Waals surface area contributed by atoms with Crippen molar-refractivity contribution in [1.29, 1.82) is 5.26 Å². The molecule has 1 unspecified atom stereocenters. The quantitative estimate of drug-likeness (QED) is 0.728. The maximum Gasteiger partial charge on any atom is 0.407 e. The summed E-state index contributed by atoms with van der Waals surface area (Å²) in [5.74, 6) is 0.443. The van der Waals surface area contributed by atoms with Crippen molar-refractivity contribution in [2.75, 3.05) is 19.4 Å². The van der Waals surface area contributed by atoms with Crippen molar-refractivity contribution in [3.8, 4) is 11.8 Å². The number of benzene rings is 1. The third-order valence-corrected chi connectivity index (χ3v) is 3.22. The monoisotopic (exact) mass is 370 g/mol. The van der Waals surface area contributed by atoms with Gasteiger partial charge in [0.2, 0.25) is 0 Å². The van der Waals surface area contributed by atoms with Gasteiger partial charge >= 0.3 is 6.09 Å². The molecule has 9 heteroatoms. The average Bonchev–Trinajstić information content (AvgIpc) is 2.47. The van der Waals surface area contributed by atoms with Crippen LogP contribution in [0.4, 0.5) is 4.79 Å². The molecule has 1 aromatic carbocycles. The molecule has 1 N–H and O–H groups in total. The number of hydrogen-bond acceptors (Lipinski definition) is 7. The number of hydrogen-bond donors (Lipinski definition) is 1. The van der Waals surface area contributed by atoms with Crippen molar-refractivity contribution >= 4 is 16.2 Å². The molecule has 0 saturated heterocycles. The molecule has 1 atom stereocenters. The topological polar surface area (TPSA) is 115 Å². The first kappa shape index (κ1) is 20.7. The van der Waals surface area contributed by atoms with Crippen molar-refractivity contribution in [2.45, 2.75) is 32.5 Å². The van der Waals surface area contributed by atoms with Crippen LogP contribution in [0.3, 0.4) is 0 Å². The number of nitrogens with one attached hydrogen (secondary N) is 1. The lowest BCUT2D eigenvalue weighted by Crippen LogP contribution is -2.40. The van der Waals surface area contributed by atoms with Gasteiger partial charge in [0.1, 0.15) is 24.1 Å². The van der Waals surface area contributed by atoms with E-state index in [0.717, 1.165) is 6.26 Å². The van der Waals surface area contributed by atoms with Gasteiger partial charge in [-0.1, -0.05) is 0 Å². The van der Waals surface area contributed by atoms with Gasteiger partial charge in [-0.2, -0.15) is 13.7 Å². The van der Waals surface area contributed by atoms with Crippen LogP contribution in [0.15, 0.2) is 24.3 Å². The Morgan fingerprint density at radius 2 is 1.88 bits per heavy atom. The van der Waals surface area contributed by atoms with Crippen LogP contribution in [0.25, 0.3) is 0 Å². The molecule has 25 heavy (non-hydrogen) atoms. The SMILES string of the molecule is CC(C)(C)OC(=O)NCC(COc1ccc(C#N)cc1)OS(C)(=O)=O. The molecule has 1 aromatic rings. The highest BCUT2D eigenvalue weighted by molar-refractivity contribution is 7.86. The number of amides is 1. The predicted molar refractivity (Wildman–Crippen MR) is 90.6 cm³/mol. The van der Waals surface area contributed by atoms with E-state index in [4.69, 9.17) is 18.9 Å². The first-order chi connectivity index (χ1) is 11.5. The maximum atomic E-state index is 11.7. The van der Waals surface area contributed by atoms with Gasteiger partial charge in [-0.05, 0) is 45.0 Å². The van der Waals surface area contributed by atoms with E-state index in [1.807, 2.05) is 6.07 Å². The Bertz CT molecular complexity index is 716. The molecule has 0 radical (unpaired) electrons. The molecule has 0 heterocycles. The smallest absolute Gasteiger partial charge is 0.407 e. The minimum absolute atomic E-state index is 0.113. The minimum atomic E-state index is -3.74. The highest BCUT2D eigenvalue weighted by Gasteiger charge is 2.20. The van der Waals surface area contributed by atoms with E-state index in [9.17, 15) is 13.2 Å². The van der Waals surface area contributed by atoms with Crippen molar-refractivity contribution < 1.29 is 26.9 Å². The zero-order valence-corrected chi connectivity index (χ0v) is 15.4. The fourth-order valence-electron chi connectivity index (χ4n) is 1.69.